The highest BCUT2D eigenvalue weighted by Gasteiger charge is 2.26. The van der Waals surface area contributed by atoms with Crippen molar-refractivity contribution in [2.45, 2.75) is 25.4 Å². The molecule has 2 rings (SSSR count). The van der Waals surface area contributed by atoms with Crippen LogP contribution in [0.4, 0.5) is 4.39 Å². The van der Waals surface area contributed by atoms with E-state index in [0.29, 0.717) is 22.5 Å². The molecule has 1 aromatic heterocycles. The quantitative estimate of drug-likeness (QED) is 0.821. The number of pyridine rings is 1. The summed E-state index contributed by atoms with van der Waals surface area (Å²) in [6.07, 6.45) is 0. The highest BCUT2D eigenvalue weighted by atomic mass is 19.1. The van der Waals surface area contributed by atoms with Gasteiger partial charge in [0.25, 0.3) is 0 Å². The number of carbonyl (C=O) groups is 1. The number of nitrogens with zero attached hydrogens (tertiary/aromatic N) is 1. The number of halogens is 1. The van der Waals surface area contributed by atoms with Crippen LogP contribution in [0.3, 0.4) is 0 Å². The van der Waals surface area contributed by atoms with Crippen LogP contribution in [0.15, 0.2) is 36.4 Å². The van der Waals surface area contributed by atoms with Crippen LogP contribution < -0.4 is 5.73 Å². The maximum atomic E-state index is 13.1. The Kier molecular flexibility index (Phi) is 5.31. The zero-order valence-electron chi connectivity index (χ0n) is 13.9. The van der Waals surface area contributed by atoms with Gasteiger partial charge in [0.2, 0.25) is 0 Å². The van der Waals surface area contributed by atoms with Gasteiger partial charge in [-0.1, -0.05) is 0 Å². The van der Waals surface area contributed by atoms with E-state index in [1.165, 1.54) is 19.2 Å². The normalized spacial score (nSPS) is 14.8. The minimum Gasteiger partial charge on any atom is -0.469 e. The fourth-order valence-corrected chi connectivity index (χ4v) is 2.26. The summed E-state index contributed by atoms with van der Waals surface area (Å²) in [6.45, 7) is 3.23. The summed E-state index contributed by atoms with van der Waals surface area (Å²) < 4.78 is 17.9. The number of methoxy groups -OCH3 is 1. The molecule has 0 radical (unpaired) electrons. The van der Waals surface area contributed by atoms with Crippen molar-refractivity contribution in [3.05, 3.63) is 53.5 Å². The molecule has 2 aromatic rings. The van der Waals surface area contributed by atoms with Crippen LogP contribution in [-0.2, 0) is 15.1 Å². The molecule has 0 saturated heterocycles. The number of ether oxygens (including phenoxy) is 1. The van der Waals surface area contributed by atoms with E-state index in [4.69, 9.17) is 10.5 Å². The second-order valence-electron chi connectivity index (χ2n) is 5.90. The molecule has 6 heteroatoms. The zero-order valence-corrected chi connectivity index (χ0v) is 13.9. The molecular weight excluding hydrogens is 311 g/mol. The van der Waals surface area contributed by atoms with Gasteiger partial charge in [0, 0.05) is 12.1 Å². The Hall–Kier alpha value is -2.31. The van der Waals surface area contributed by atoms with E-state index in [1.807, 2.05) is 0 Å². The molecule has 0 aliphatic rings. The molecule has 3 N–H and O–H groups in total. The van der Waals surface area contributed by atoms with Gasteiger partial charge in [-0.25, -0.2) is 9.37 Å². The Bertz CT molecular complexity index is 730. The van der Waals surface area contributed by atoms with Gasteiger partial charge in [-0.15, -0.1) is 0 Å². The summed E-state index contributed by atoms with van der Waals surface area (Å²) in [7, 11) is 1.32. The summed E-state index contributed by atoms with van der Waals surface area (Å²) in [5.41, 5.74) is 6.46. The molecule has 0 bridgehead atoms. The first-order valence-corrected chi connectivity index (χ1v) is 7.57. The van der Waals surface area contributed by atoms with Crippen molar-refractivity contribution in [2.75, 3.05) is 13.7 Å². The zero-order chi connectivity index (χ0) is 17.9. The van der Waals surface area contributed by atoms with E-state index < -0.39 is 17.5 Å². The highest BCUT2D eigenvalue weighted by Crippen LogP contribution is 2.28. The average Bonchev–Trinajstić information content (AvgIpc) is 2.60. The predicted molar refractivity (Wildman–Crippen MR) is 88.7 cm³/mol. The number of nitrogens with two attached hydrogens (primary N) is 1. The summed E-state index contributed by atoms with van der Waals surface area (Å²) in [5, 5.41) is 10.4. The topological polar surface area (TPSA) is 85.4 Å². The van der Waals surface area contributed by atoms with Crippen molar-refractivity contribution < 1.29 is 19.0 Å². The largest absolute Gasteiger partial charge is 0.469 e. The fourth-order valence-electron chi connectivity index (χ4n) is 2.26. The number of esters is 1. The maximum absolute atomic E-state index is 13.1. The standard InChI is InChI=1S/C18H21FN2O3/c1-11(17(22)24-3)13-8-15(12-4-6-14(19)7-5-12)21-16(9-13)18(2,23)10-20/h4-9,11,23H,10,20H2,1-3H3. The molecule has 2 atom stereocenters. The molecule has 0 fully saturated rings. The summed E-state index contributed by atoms with van der Waals surface area (Å²) in [6, 6.07) is 9.20. The van der Waals surface area contributed by atoms with Crippen LogP contribution in [-0.4, -0.2) is 29.7 Å². The van der Waals surface area contributed by atoms with Crippen molar-refractivity contribution >= 4 is 5.97 Å². The van der Waals surface area contributed by atoms with Crippen LogP contribution in [0.2, 0.25) is 0 Å². The smallest absolute Gasteiger partial charge is 0.312 e. The lowest BCUT2D eigenvalue weighted by Gasteiger charge is -2.23. The minimum absolute atomic E-state index is 0.0289. The maximum Gasteiger partial charge on any atom is 0.312 e. The van der Waals surface area contributed by atoms with Crippen LogP contribution in [0.5, 0.6) is 0 Å². The van der Waals surface area contributed by atoms with E-state index in [0.717, 1.165) is 0 Å². The first kappa shape index (κ1) is 18.0. The van der Waals surface area contributed by atoms with Crippen molar-refractivity contribution in [1.29, 1.82) is 0 Å². The number of hydrogen-bond donors (Lipinski definition) is 2. The molecule has 1 aromatic carbocycles. The predicted octanol–water partition coefficient (Wildman–Crippen LogP) is 2.33. The number of benzene rings is 1. The molecule has 0 aliphatic carbocycles. The van der Waals surface area contributed by atoms with Gasteiger partial charge in [0.1, 0.15) is 11.4 Å². The van der Waals surface area contributed by atoms with E-state index >= 15 is 0 Å². The lowest BCUT2D eigenvalue weighted by atomic mass is 9.93. The Morgan fingerprint density at radius 3 is 2.54 bits per heavy atom. The van der Waals surface area contributed by atoms with Crippen molar-refractivity contribution in [2.24, 2.45) is 5.73 Å². The van der Waals surface area contributed by atoms with E-state index in [-0.39, 0.29) is 12.4 Å². The minimum atomic E-state index is -1.35. The van der Waals surface area contributed by atoms with Crippen LogP contribution in [0, 0.1) is 5.82 Å². The molecule has 0 aliphatic heterocycles. The summed E-state index contributed by atoms with van der Waals surface area (Å²) >= 11 is 0. The van der Waals surface area contributed by atoms with Gasteiger partial charge in [-0.3, -0.25) is 4.79 Å². The third kappa shape index (κ3) is 3.77. The average molecular weight is 332 g/mol. The molecule has 24 heavy (non-hydrogen) atoms. The van der Waals surface area contributed by atoms with Gasteiger partial charge in [-0.2, -0.15) is 0 Å². The Balaban J connectivity index is 2.60. The van der Waals surface area contributed by atoms with Crippen LogP contribution in [0.25, 0.3) is 11.3 Å². The molecule has 0 amide bonds. The Morgan fingerprint density at radius 2 is 2.00 bits per heavy atom. The molecule has 128 valence electrons. The van der Waals surface area contributed by atoms with Crippen molar-refractivity contribution in [3.8, 4) is 11.3 Å². The van der Waals surface area contributed by atoms with Crippen molar-refractivity contribution in [1.82, 2.24) is 4.98 Å². The second-order valence-corrected chi connectivity index (χ2v) is 5.90. The van der Waals surface area contributed by atoms with Gasteiger partial charge in [0.15, 0.2) is 0 Å². The molecule has 0 saturated carbocycles. The first-order valence-electron chi connectivity index (χ1n) is 7.57. The van der Waals surface area contributed by atoms with Gasteiger partial charge in [0.05, 0.1) is 24.4 Å². The fraction of sp³-hybridized carbons (Fsp3) is 0.333. The third-order valence-corrected chi connectivity index (χ3v) is 3.99. The van der Waals surface area contributed by atoms with Crippen LogP contribution in [0.1, 0.15) is 31.0 Å². The first-order chi connectivity index (χ1) is 11.3. The molecule has 1 heterocycles. The molecule has 2 unspecified atom stereocenters. The molecular formula is C18H21FN2O3. The van der Waals surface area contributed by atoms with Crippen molar-refractivity contribution in [3.63, 3.8) is 0 Å². The number of carbonyl (C=O) groups excluding carboxylic acids is 1. The van der Waals surface area contributed by atoms with Gasteiger partial charge < -0.3 is 15.6 Å². The third-order valence-electron chi connectivity index (χ3n) is 3.99. The second kappa shape index (κ2) is 7.07. The lowest BCUT2D eigenvalue weighted by Crippen LogP contribution is -2.32. The number of rotatable bonds is 5. The van der Waals surface area contributed by atoms with E-state index in [9.17, 15) is 14.3 Å². The highest BCUT2D eigenvalue weighted by molar-refractivity contribution is 5.78. The Morgan fingerprint density at radius 1 is 1.38 bits per heavy atom. The van der Waals surface area contributed by atoms with E-state index in [2.05, 4.69) is 4.98 Å². The van der Waals surface area contributed by atoms with Gasteiger partial charge >= 0.3 is 5.97 Å². The summed E-state index contributed by atoms with van der Waals surface area (Å²) in [5.74, 6) is -1.29. The lowest BCUT2D eigenvalue weighted by molar-refractivity contribution is -0.142. The number of aliphatic hydroxyl groups is 1. The van der Waals surface area contributed by atoms with Crippen LogP contribution >= 0.6 is 0 Å². The monoisotopic (exact) mass is 332 g/mol. The number of hydrogen-bond acceptors (Lipinski definition) is 5. The molecule has 0 spiro atoms. The molecule has 5 nitrogen and oxygen atoms in total. The Labute approximate surface area is 140 Å². The van der Waals surface area contributed by atoms with E-state index in [1.54, 1.807) is 38.1 Å². The summed E-state index contributed by atoms with van der Waals surface area (Å²) in [4.78, 5) is 16.3. The SMILES string of the molecule is COC(=O)C(C)c1cc(-c2ccc(F)cc2)nc(C(C)(O)CN)c1. The number of aromatic nitrogens is 1. The van der Waals surface area contributed by atoms with Gasteiger partial charge in [-0.05, 0) is 55.8 Å².